The van der Waals surface area contributed by atoms with Gasteiger partial charge in [-0.25, -0.2) is 22.0 Å². The van der Waals surface area contributed by atoms with Gasteiger partial charge < -0.3 is 10.4 Å². The molecule has 0 spiro atoms. The number of nitrogens with one attached hydrogen (secondary N) is 1. The molecule has 1 fully saturated rings. The van der Waals surface area contributed by atoms with E-state index in [4.69, 9.17) is 5.11 Å². The minimum absolute atomic E-state index is 0.0340. The van der Waals surface area contributed by atoms with Crippen molar-refractivity contribution in [3.05, 3.63) is 0 Å². The number of hydrogen-bond donors (Lipinski definition) is 2. The lowest BCUT2D eigenvalue weighted by Crippen LogP contribution is -2.43. The Morgan fingerprint density at radius 1 is 1.29 bits per heavy atom. The second-order valence-corrected chi connectivity index (χ2v) is 10.2. The van der Waals surface area contributed by atoms with E-state index in [9.17, 15) is 22.0 Å². The summed E-state index contributed by atoms with van der Waals surface area (Å²) < 4.78 is 50.6. The first-order valence-corrected chi connectivity index (χ1v) is 10.2. The lowest BCUT2D eigenvalue weighted by atomic mass is 9.84. The van der Waals surface area contributed by atoms with Crippen molar-refractivity contribution >= 4 is 15.9 Å². The van der Waals surface area contributed by atoms with Crippen LogP contribution in [0.4, 0.5) is 13.6 Å². The molecule has 8 heteroatoms. The summed E-state index contributed by atoms with van der Waals surface area (Å²) in [4.78, 5) is 10.8. The molecule has 1 aliphatic rings. The minimum Gasteiger partial charge on any atom is -0.465 e. The van der Waals surface area contributed by atoms with Crippen molar-refractivity contribution in [1.29, 1.82) is 0 Å². The molecule has 1 rings (SSSR count). The first-order valence-electron chi connectivity index (χ1n) is 8.38. The van der Waals surface area contributed by atoms with E-state index >= 15 is 0 Å². The highest BCUT2D eigenvalue weighted by Crippen LogP contribution is 2.36. The molecule has 0 saturated heterocycles. The summed E-state index contributed by atoms with van der Waals surface area (Å²) in [5, 5.41) is 11.3. The normalized spacial score (nSPS) is 20.5. The molecule has 1 atom stereocenters. The Morgan fingerprint density at radius 3 is 2.29 bits per heavy atom. The Morgan fingerprint density at radius 2 is 1.83 bits per heavy atom. The van der Waals surface area contributed by atoms with E-state index in [1.807, 2.05) is 20.8 Å². The summed E-state index contributed by atoms with van der Waals surface area (Å²) in [6, 6.07) is -0.335. The molecule has 1 unspecified atom stereocenters. The van der Waals surface area contributed by atoms with Crippen LogP contribution >= 0.6 is 0 Å². The molecule has 5 nitrogen and oxygen atoms in total. The molecule has 24 heavy (non-hydrogen) atoms. The monoisotopic (exact) mass is 369 g/mol. The number of rotatable bonds is 7. The second kappa shape index (κ2) is 7.97. The van der Waals surface area contributed by atoms with E-state index in [-0.39, 0.29) is 54.6 Å². The molecule has 0 aromatic carbocycles. The Bertz CT molecular complexity index is 519. The van der Waals surface area contributed by atoms with E-state index in [1.54, 1.807) is 0 Å². The largest absolute Gasteiger partial charge is 0.465 e. The summed E-state index contributed by atoms with van der Waals surface area (Å²) in [6.45, 7) is 5.68. The van der Waals surface area contributed by atoms with E-state index in [2.05, 4.69) is 5.32 Å². The maximum atomic E-state index is 13.1. The first kappa shape index (κ1) is 21.1. The highest BCUT2D eigenvalue weighted by atomic mass is 32.2. The Labute approximate surface area is 143 Å². The molecule has 0 radical (unpaired) electrons. The molecular weight excluding hydrogens is 340 g/mol. The molecule has 0 heterocycles. The van der Waals surface area contributed by atoms with Crippen molar-refractivity contribution in [1.82, 2.24) is 5.32 Å². The zero-order chi connectivity index (χ0) is 18.6. The highest BCUT2D eigenvalue weighted by molar-refractivity contribution is 7.91. The van der Waals surface area contributed by atoms with Crippen LogP contribution in [0.5, 0.6) is 0 Å². The van der Waals surface area contributed by atoms with Gasteiger partial charge in [0.05, 0.1) is 11.5 Å². The lowest BCUT2D eigenvalue weighted by molar-refractivity contribution is -0.0435. The molecule has 0 aromatic heterocycles. The van der Waals surface area contributed by atoms with Crippen LogP contribution < -0.4 is 5.32 Å². The number of hydrogen-bond acceptors (Lipinski definition) is 3. The SMILES string of the molecule is CC(C)(C)C(CCCS(=O)(=O)CC1CCC(F)(F)CC1)NC(=O)O. The number of sulfone groups is 1. The summed E-state index contributed by atoms with van der Waals surface area (Å²) in [7, 11) is -3.31. The van der Waals surface area contributed by atoms with Crippen LogP contribution in [-0.4, -0.2) is 43.1 Å². The number of halogens is 2. The zero-order valence-corrected chi connectivity index (χ0v) is 15.5. The predicted molar refractivity (Wildman–Crippen MR) is 89.2 cm³/mol. The Hall–Kier alpha value is -0.920. The van der Waals surface area contributed by atoms with E-state index in [0.29, 0.717) is 12.8 Å². The number of carbonyl (C=O) groups is 1. The van der Waals surface area contributed by atoms with E-state index in [0.717, 1.165) is 0 Å². The van der Waals surface area contributed by atoms with Gasteiger partial charge in [0.15, 0.2) is 9.84 Å². The van der Waals surface area contributed by atoms with Crippen LogP contribution in [0.1, 0.15) is 59.3 Å². The average molecular weight is 369 g/mol. The minimum atomic E-state index is -3.31. The number of alkyl halides is 2. The molecule has 0 bridgehead atoms. The fourth-order valence-electron chi connectivity index (χ4n) is 3.09. The van der Waals surface area contributed by atoms with Gasteiger partial charge in [0, 0.05) is 18.9 Å². The third-order valence-electron chi connectivity index (χ3n) is 4.62. The molecule has 1 saturated carbocycles. The lowest BCUT2D eigenvalue weighted by Gasteiger charge is -2.30. The second-order valence-electron chi connectivity index (χ2n) is 7.92. The van der Waals surface area contributed by atoms with Crippen LogP contribution in [0, 0.1) is 11.3 Å². The van der Waals surface area contributed by atoms with Crippen molar-refractivity contribution in [2.45, 2.75) is 71.3 Å². The third kappa shape index (κ3) is 7.77. The van der Waals surface area contributed by atoms with Crippen LogP contribution in [0.2, 0.25) is 0 Å². The van der Waals surface area contributed by atoms with Crippen molar-refractivity contribution < 1.29 is 27.1 Å². The van der Waals surface area contributed by atoms with Gasteiger partial charge in [-0.05, 0) is 37.0 Å². The predicted octanol–water partition coefficient (Wildman–Crippen LogP) is 3.69. The van der Waals surface area contributed by atoms with Gasteiger partial charge in [0.1, 0.15) is 0 Å². The molecule has 0 aromatic rings. The number of amides is 1. The molecule has 2 N–H and O–H groups in total. The quantitative estimate of drug-likeness (QED) is 0.717. The van der Waals surface area contributed by atoms with Crippen LogP contribution in [0.25, 0.3) is 0 Å². The smallest absolute Gasteiger partial charge is 0.404 e. The third-order valence-corrected chi connectivity index (χ3v) is 6.51. The first-order chi connectivity index (χ1) is 10.8. The maximum Gasteiger partial charge on any atom is 0.404 e. The summed E-state index contributed by atoms with van der Waals surface area (Å²) in [6.07, 6.45) is -0.315. The van der Waals surface area contributed by atoms with E-state index < -0.39 is 21.9 Å². The molecule has 0 aliphatic heterocycles. The van der Waals surface area contributed by atoms with Crippen molar-refractivity contribution in [2.24, 2.45) is 11.3 Å². The summed E-state index contributed by atoms with van der Waals surface area (Å²) >= 11 is 0. The van der Waals surface area contributed by atoms with Crippen LogP contribution in [0.3, 0.4) is 0 Å². The summed E-state index contributed by atoms with van der Waals surface area (Å²) in [5.74, 6) is -2.92. The van der Waals surface area contributed by atoms with Crippen molar-refractivity contribution in [2.75, 3.05) is 11.5 Å². The van der Waals surface area contributed by atoms with Gasteiger partial charge in [-0.1, -0.05) is 20.8 Å². The van der Waals surface area contributed by atoms with Gasteiger partial charge in [-0.2, -0.15) is 0 Å². The standard InChI is InChI=1S/C16H29F2NO4S/c1-15(2,3)13(19-14(20)21)5-4-10-24(22,23)11-12-6-8-16(17,18)9-7-12/h12-13,19H,4-11H2,1-3H3,(H,20,21). The molecule has 1 amide bonds. The van der Waals surface area contributed by atoms with Crippen LogP contribution in [-0.2, 0) is 9.84 Å². The molecule has 1 aliphatic carbocycles. The van der Waals surface area contributed by atoms with Crippen LogP contribution in [0.15, 0.2) is 0 Å². The van der Waals surface area contributed by atoms with Crippen molar-refractivity contribution in [3.8, 4) is 0 Å². The Balaban J connectivity index is 2.46. The van der Waals surface area contributed by atoms with Gasteiger partial charge in [-0.3, -0.25) is 0 Å². The van der Waals surface area contributed by atoms with Crippen molar-refractivity contribution in [3.63, 3.8) is 0 Å². The average Bonchev–Trinajstić information content (AvgIpc) is 2.38. The van der Waals surface area contributed by atoms with Gasteiger partial charge in [0.2, 0.25) is 5.92 Å². The van der Waals surface area contributed by atoms with Gasteiger partial charge >= 0.3 is 6.09 Å². The molecule has 142 valence electrons. The van der Waals surface area contributed by atoms with Gasteiger partial charge in [-0.15, -0.1) is 0 Å². The van der Waals surface area contributed by atoms with E-state index in [1.165, 1.54) is 0 Å². The molecular formula is C16H29F2NO4S. The fraction of sp³-hybridized carbons (Fsp3) is 0.938. The summed E-state index contributed by atoms with van der Waals surface area (Å²) in [5.41, 5.74) is -0.308. The number of carboxylic acid groups (broad SMARTS) is 1. The topological polar surface area (TPSA) is 83.5 Å². The zero-order valence-electron chi connectivity index (χ0n) is 14.6. The van der Waals surface area contributed by atoms with Gasteiger partial charge in [0.25, 0.3) is 0 Å². The highest BCUT2D eigenvalue weighted by Gasteiger charge is 2.36. The Kier molecular flexibility index (Phi) is 7.02. The maximum absolute atomic E-state index is 13.1. The fourth-order valence-corrected chi connectivity index (χ4v) is 4.91.